The predicted octanol–water partition coefficient (Wildman–Crippen LogP) is 2.68. The van der Waals surface area contributed by atoms with Crippen LogP contribution in [0.15, 0.2) is 53.4 Å². The van der Waals surface area contributed by atoms with Gasteiger partial charge in [0.05, 0.1) is 17.1 Å². The Kier molecular flexibility index (Phi) is 5.08. The summed E-state index contributed by atoms with van der Waals surface area (Å²) in [5, 5.41) is 9.18. The molecular formula is C15H14F3NO3S. The Morgan fingerprint density at radius 2 is 1.52 bits per heavy atom. The summed E-state index contributed by atoms with van der Waals surface area (Å²) in [6, 6.07) is 10.5. The molecule has 0 saturated heterocycles. The molecule has 0 aliphatic rings. The van der Waals surface area contributed by atoms with Crippen molar-refractivity contribution >= 4 is 10.0 Å². The maximum atomic E-state index is 12.9. The van der Waals surface area contributed by atoms with Gasteiger partial charge in [-0.05, 0) is 23.3 Å². The molecule has 0 fully saturated rings. The minimum Gasteiger partial charge on any atom is -0.392 e. The Balaban J connectivity index is 2.28. The van der Waals surface area contributed by atoms with E-state index in [1.807, 2.05) is 0 Å². The highest BCUT2D eigenvalue weighted by molar-refractivity contribution is 7.89. The van der Waals surface area contributed by atoms with Crippen molar-refractivity contribution < 1.29 is 26.7 Å². The lowest BCUT2D eigenvalue weighted by atomic mass is 10.1. The summed E-state index contributed by atoms with van der Waals surface area (Å²) in [4.78, 5) is -0.160. The lowest BCUT2D eigenvalue weighted by Gasteiger charge is -2.14. The first-order valence-electron chi connectivity index (χ1n) is 6.59. The van der Waals surface area contributed by atoms with Gasteiger partial charge in [0, 0.05) is 6.54 Å². The molecular weight excluding hydrogens is 331 g/mol. The smallest absolute Gasteiger partial charge is 0.392 e. The maximum absolute atomic E-state index is 12.9. The van der Waals surface area contributed by atoms with Gasteiger partial charge < -0.3 is 5.11 Å². The number of benzene rings is 2. The molecule has 0 aliphatic heterocycles. The van der Waals surface area contributed by atoms with Crippen LogP contribution in [0.2, 0.25) is 0 Å². The zero-order valence-electron chi connectivity index (χ0n) is 11.8. The molecule has 8 heteroatoms. The molecule has 0 bridgehead atoms. The van der Waals surface area contributed by atoms with E-state index in [9.17, 15) is 26.7 Å². The van der Waals surface area contributed by atoms with Crippen molar-refractivity contribution in [2.75, 3.05) is 0 Å². The molecule has 0 unspecified atom stereocenters. The molecule has 124 valence electrons. The predicted molar refractivity (Wildman–Crippen MR) is 77.8 cm³/mol. The molecule has 0 saturated carbocycles. The third-order valence-corrected chi connectivity index (χ3v) is 4.71. The van der Waals surface area contributed by atoms with E-state index in [0.29, 0.717) is 0 Å². The average molecular weight is 345 g/mol. The number of nitrogens with one attached hydrogen (secondary N) is 1. The van der Waals surface area contributed by atoms with E-state index in [4.69, 9.17) is 0 Å². The highest BCUT2D eigenvalue weighted by Crippen LogP contribution is 2.32. The molecule has 0 spiro atoms. The van der Waals surface area contributed by atoms with Crippen molar-refractivity contribution in [3.05, 3.63) is 65.2 Å². The first-order chi connectivity index (χ1) is 10.8. The fraction of sp³-hybridized carbons (Fsp3) is 0.200. The third kappa shape index (κ3) is 4.10. The second-order valence-electron chi connectivity index (χ2n) is 4.75. The number of hydrogen-bond acceptors (Lipinski definition) is 3. The summed E-state index contributed by atoms with van der Waals surface area (Å²) >= 11 is 0. The van der Waals surface area contributed by atoms with E-state index in [2.05, 4.69) is 4.72 Å². The summed E-state index contributed by atoms with van der Waals surface area (Å²) in [7, 11) is -4.04. The van der Waals surface area contributed by atoms with Gasteiger partial charge in [-0.1, -0.05) is 36.4 Å². The van der Waals surface area contributed by atoms with Crippen LogP contribution in [-0.2, 0) is 29.4 Å². The highest BCUT2D eigenvalue weighted by atomic mass is 32.2. The van der Waals surface area contributed by atoms with Crippen LogP contribution in [-0.4, -0.2) is 13.5 Å². The van der Waals surface area contributed by atoms with Crippen molar-refractivity contribution in [2.45, 2.75) is 24.2 Å². The molecule has 2 rings (SSSR count). The number of sulfonamides is 1. The van der Waals surface area contributed by atoms with Crippen LogP contribution in [0.5, 0.6) is 0 Å². The van der Waals surface area contributed by atoms with Gasteiger partial charge in [0.2, 0.25) is 10.0 Å². The normalized spacial score (nSPS) is 12.3. The lowest BCUT2D eigenvalue weighted by molar-refractivity contribution is -0.138. The minimum absolute atomic E-state index is 0.160. The number of alkyl halides is 3. The van der Waals surface area contributed by atoms with Crippen LogP contribution >= 0.6 is 0 Å². The van der Waals surface area contributed by atoms with E-state index < -0.39 is 34.9 Å². The largest absolute Gasteiger partial charge is 0.416 e. The zero-order chi connectivity index (χ0) is 17.1. The molecule has 4 nitrogen and oxygen atoms in total. The van der Waals surface area contributed by atoms with E-state index in [1.54, 1.807) is 6.07 Å². The molecule has 2 aromatic rings. The monoisotopic (exact) mass is 345 g/mol. The Morgan fingerprint density at radius 3 is 2.13 bits per heavy atom. The summed E-state index contributed by atoms with van der Waals surface area (Å²) < 4.78 is 65.3. The Labute approximate surface area is 131 Å². The van der Waals surface area contributed by atoms with Gasteiger partial charge in [-0.2, -0.15) is 13.2 Å². The summed E-state index contributed by atoms with van der Waals surface area (Å²) in [6.07, 6.45) is -4.56. The van der Waals surface area contributed by atoms with Crippen molar-refractivity contribution in [3.8, 4) is 0 Å². The summed E-state index contributed by atoms with van der Waals surface area (Å²) in [5.74, 6) is 0. The van der Waals surface area contributed by atoms with Crippen LogP contribution < -0.4 is 4.72 Å². The zero-order valence-corrected chi connectivity index (χ0v) is 12.7. The van der Waals surface area contributed by atoms with Gasteiger partial charge in [-0.25, -0.2) is 13.1 Å². The van der Waals surface area contributed by atoms with Crippen molar-refractivity contribution in [2.24, 2.45) is 0 Å². The summed E-state index contributed by atoms with van der Waals surface area (Å²) in [6.45, 7) is -0.992. The molecule has 0 atom stereocenters. The van der Waals surface area contributed by atoms with Gasteiger partial charge >= 0.3 is 6.18 Å². The minimum atomic E-state index is -4.56. The average Bonchev–Trinajstić information content (AvgIpc) is 2.52. The maximum Gasteiger partial charge on any atom is 0.416 e. The first kappa shape index (κ1) is 17.5. The number of aliphatic hydroxyl groups excluding tert-OH is 1. The fourth-order valence-corrected chi connectivity index (χ4v) is 3.33. The SMILES string of the molecule is O=S(=O)(NCc1ccccc1C(F)(F)F)c1ccccc1CO. The summed E-state index contributed by atoms with van der Waals surface area (Å²) in [5.41, 5.74) is -0.896. The van der Waals surface area contributed by atoms with E-state index >= 15 is 0 Å². The topological polar surface area (TPSA) is 66.4 Å². The molecule has 0 aromatic heterocycles. The quantitative estimate of drug-likeness (QED) is 0.876. The Bertz CT molecular complexity index is 789. The number of aliphatic hydroxyl groups is 1. The molecule has 2 aromatic carbocycles. The van der Waals surface area contributed by atoms with E-state index in [0.717, 1.165) is 6.07 Å². The molecule has 0 heterocycles. The van der Waals surface area contributed by atoms with Crippen LogP contribution in [0, 0.1) is 0 Å². The van der Waals surface area contributed by atoms with Gasteiger partial charge in [-0.15, -0.1) is 0 Å². The van der Waals surface area contributed by atoms with E-state index in [1.165, 1.54) is 36.4 Å². The van der Waals surface area contributed by atoms with Crippen molar-refractivity contribution in [3.63, 3.8) is 0 Å². The molecule has 2 N–H and O–H groups in total. The molecule has 0 radical (unpaired) electrons. The number of rotatable bonds is 5. The number of hydrogen-bond donors (Lipinski definition) is 2. The van der Waals surface area contributed by atoms with Crippen LogP contribution in [0.1, 0.15) is 16.7 Å². The number of halogens is 3. The van der Waals surface area contributed by atoms with Crippen molar-refractivity contribution in [1.82, 2.24) is 4.72 Å². The second kappa shape index (κ2) is 6.69. The molecule has 23 heavy (non-hydrogen) atoms. The highest BCUT2D eigenvalue weighted by Gasteiger charge is 2.33. The fourth-order valence-electron chi connectivity index (χ4n) is 2.10. The molecule has 0 amide bonds. The standard InChI is InChI=1S/C15H14F3NO3S/c16-15(17,18)13-7-3-1-5-11(13)9-19-23(21,22)14-8-4-2-6-12(14)10-20/h1-8,19-20H,9-10H2. The Hall–Kier alpha value is -1.90. The van der Waals surface area contributed by atoms with E-state index in [-0.39, 0.29) is 16.0 Å². The van der Waals surface area contributed by atoms with Crippen LogP contribution in [0.4, 0.5) is 13.2 Å². The first-order valence-corrected chi connectivity index (χ1v) is 8.07. The lowest BCUT2D eigenvalue weighted by Crippen LogP contribution is -2.25. The second-order valence-corrected chi connectivity index (χ2v) is 6.48. The Morgan fingerprint density at radius 1 is 0.957 bits per heavy atom. The van der Waals surface area contributed by atoms with Crippen LogP contribution in [0.3, 0.4) is 0 Å². The van der Waals surface area contributed by atoms with Gasteiger partial charge in [0.15, 0.2) is 0 Å². The van der Waals surface area contributed by atoms with Crippen molar-refractivity contribution in [1.29, 1.82) is 0 Å². The van der Waals surface area contributed by atoms with Crippen LogP contribution in [0.25, 0.3) is 0 Å². The molecule has 0 aliphatic carbocycles. The third-order valence-electron chi connectivity index (χ3n) is 3.21. The van der Waals surface area contributed by atoms with Gasteiger partial charge in [-0.3, -0.25) is 0 Å². The van der Waals surface area contributed by atoms with Gasteiger partial charge in [0.25, 0.3) is 0 Å². The van der Waals surface area contributed by atoms with Gasteiger partial charge in [0.1, 0.15) is 0 Å².